The standard InChI is InChI=1S/C14H19N3O2/c1-2-3-8-17-10-11(9-13(17)18)14(19)16-12-4-6-15-7-5-12/h4-7,11H,2-3,8-10H2,1H3,(H,15,16,19). The zero-order chi connectivity index (χ0) is 13.7. The lowest BCUT2D eigenvalue weighted by Gasteiger charge is -2.15. The zero-order valence-corrected chi connectivity index (χ0v) is 11.1. The molecule has 1 atom stereocenters. The van der Waals surface area contributed by atoms with Crippen molar-refractivity contribution in [2.24, 2.45) is 5.92 Å². The Labute approximate surface area is 113 Å². The van der Waals surface area contributed by atoms with E-state index in [1.807, 2.05) is 0 Å². The van der Waals surface area contributed by atoms with Gasteiger partial charge in [-0.15, -0.1) is 0 Å². The minimum Gasteiger partial charge on any atom is -0.342 e. The number of likely N-dealkylation sites (tertiary alicyclic amines) is 1. The van der Waals surface area contributed by atoms with Crippen molar-refractivity contribution in [3.63, 3.8) is 0 Å². The van der Waals surface area contributed by atoms with Gasteiger partial charge in [0.25, 0.3) is 0 Å². The molecule has 0 spiro atoms. The van der Waals surface area contributed by atoms with E-state index in [4.69, 9.17) is 0 Å². The third-order valence-electron chi connectivity index (χ3n) is 3.31. The fraction of sp³-hybridized carbons (Fsp3) is 0.500. The monoisotopic (exact) mass is 261 g/mol. The Morgan fingerprint density at radius 1 is 1.47 bits per heavy atom. The lowest BCUT2D eigenvalue weighted by molar-refractivity contribution is -0.128. The Balaban J connectivity index is 1.89. The number of hydrogen-bond acceptors (Lipinski definition) is 3. The normalized spacial score (nSPS) is 18.7. The van der Waals surface area contributed by atoms with E-state index >= 15 is 0 Å². The third-order valence-corrected chi connectivity index (χ3v) is 3.31. The van der Waals surface area contributed by atoms with Gasteiger partial charge in [0.2, 0.25) is 11.8 Å². The second-order valence-electron chi connectivity index (χ2n) is 4.82. The van der Waals surface area contributed by atoms with E-state index in [0.29, 0.717) is 13.0 Å². The lowest BCUT2D eigenvalue weighted by atomic mass is 10.1. The number of nitrogens with one attached hydrogen (secondary N) is 1. The van der Waals surface area contributed by atoms with E-state index in [0.717, 1.165) is 25.1 Å². The summed E-state index contributed by atoms with van der Waals surface area (Å²) in [5.41, 5.74) is 0.722. The van der Waals surface area contributed by atoms with Gasteiger partial charge in [-0.05, 0) is 18.6 Å². The van der Waals surface area contributed by atoms with E-state index in [2.05, 4.69) is 17.2 Å². The summed E-state index contributed by atoms with van der Waals surface area (Å²) in [5.74, 6) is -0.237. The predicted octanol–water partition coefficient (Wildman–Crippen LogP) is 1.67. The molecule has 1 unspecified atom stereocenters. The number of hydrogen-bond donors (Lipinski definition) is 1. The van der Waals surface area contributed by atoms with Crippen molar-refractivity contribution < 1.29 is 9.59 Å². The number of anilines is 1. The van der Waals surface area contributed by atoms with Crippen molar-refractivity contribution in [2.45, 2.75) is 26.2 Å². The molecule has 0 saturated carbocycles. The second kappa shape index (κ2) is 6.31. The van der Waals surface area contributed by atoms with Crippen molar-refractivity contribution in [3.05, 3.63) is 24.5 Å². The van der Waals surface area contributed by atoms with Crippen molar-refractivity contribution in [1.29, 1.82) is 0 Å². The van der Waals surface area contributed by atoms with E-state index in [-0.39, 0.29) is 17.7 Å². The first kappa shape index (κ1) is 13.5. The summed E-state index contributed by atoms with van der Waals surface area (Å²) in [6.45, 7) is 3.39. The fourth-order valence-electron chi connectivity index (χ4n) is 2.19. The Morgan fingerprint density at radius 2 is 2.21 bits per heavy atom. The summed E-state index contributed by atoms with van der Waals surface area (Å²) in [4.78, 5) is 29.5. The van der Waals surface area contributed by atoms with Gasteiger partial charge in [0, 0.05) is 37.6 Å². The Hall–Kier alpha value is -1.91. The molecular formula is C14H19N3O2. The quantitative estimate of drug-likeness (QED) is 0.877. The number of rotatable bonds is 5. The molecule has 1 aromatic heterocycles. The molecule has 1 aliphatic rings. The predicted molar refractivity (Wildman–Crippen MR) is 72.5 cm³/mol. The number of unbranched alkanes of at least 4 members (excludes halogenated alkanes) is 1. The molecule has 1 saturated heterocycles. The van der Waals surface area contributed by atoms with Crippen molar-refractivity contribution in [2.75, 3.05) is 18.4 Å². The average molecular weight is 261 g/mol. The molecule has 0 bridgehead atoms. The average Bonchev–Trinajstić information content (AvgIpc) is 2.79. The van der Waals surface area contributed by atoms with Crippen LogP contribution in [-0.4, -0.2) is 34.8 Å². The SMILES string of the molecule is CCCCN1CC(C(=O)Nc2ccncc2)CC1=O. The van der Waals surface area contributed by atoms with Gasteiger partial charge in [0.15, 0.2) is 0 Å². The van der Waals surface area contributed by atoms with Crippen molar-refractivity contribution in [1.82, 2.24) is 9.88 Å². The van der Waals surface area contributed by atoms with Gasteiger partial charge in [-0.2, -0.15) is 0 Å². The van der Waals surface area contributed by atoms with E-state index in [9.17, 15) is 9.59 Å². The molecule has 1 fully saturated rings. The van der Waals surface area contributed by atoms with Crippen LogP contribution < -0.4 is 5.32 Å². The van der Waals surface area contributed by atoms with Gasteiger partial charge < -0.3 is 10.2 Å². The van der Waals surface area contributed by atoms with Gasteiger partial charge >= 0.3 is 0 Å². The summed E-state index contributed by atoms with van der Waals surface area (Å²) in [7, 11) is 0. The van der Waals surface area contributed by atoms with Crippen LogP contribution in [-0.2, 0) is 9.59 Å². The molecular weight excluding hydrogens is 242 g/mol. The highest BCUT2D eigenvalue weighted by atomic mass is 16.2. The highest BCUT2D eigenvalue weighted by molar-refractivity contribution is 5.97. The number of pyridine rings is 1. The van der Waals surface area contributed by atoms with Crippen LogP contribution in [0.1, 0.15) is 26.2 Å². The minimum atomic E-state index is -0.238. The van der Waals surface area contributed by atoms with Crippen LogP contribution >= 0.6 is 0 Å². The Kier molecular flexibility index (Phi) is 4.49. The lowest BCUT2D eigenvalue weighted by Crippen LogP contribution is -2.29. The number of amides is 2. The molecule has 102 valence electrons. The number of carbonyl (C=O) groups is 2. The summed E-state index contributed by atoms with van der Waals surface area (Å²) in [6, 6.07) is 3.48. The molecule has 1 aliphatic heterocycles. The first-order chi connectivity index (χ1) is 9.20. The van der Waals surface area contributed by atoms with Crippen LogP contribution in [0.25, 0.3) is 0 Å². The van der Waals surface area contributed by atoms with E-state index < -0.39 is 0 Å². The molecule has 1 N–H and O–H groups in total. The highest BCUT2D eigenvalue weighted by Crippen LogP contribution is 2.20. The molecule has 2 amide bonds. The summed E-state index contributed by atoms with van der Waals surface area (Å²) < 4.78 is 0. The largest absolute Gasteiger partial charge is 0.342 e. The number of nitrogens with zero attached hydrogens (tertiary/aromatic N) is 2. The van der Waals surface area contributed by atoms with Gasteiger partial charge in [-0.25, -0.2) is 0 Å². The molecule has 2 rings (SSSR count). The molecule has 5 nitrogen and oxygen atoms in total. The maximum atomic E-state index is 12.1. The first-order valence-electron chi connectivity index (χ1n) is 6.69. The minimum absolute atomic E-state index is 0.0847. The Morgan fingerprint density at radius 3 is 2.89 bits per heavy atom. The molecule has 19 heavy (non-hydrogen) atoms. The maximum absolute atomic E-state index is 12.1. The number of carbonyl (C=O) groups excluding carboxylic acids is 2. The van der Waals surface area contributed by atoms with Gasteiger partial charge in [0.1, 0.15) is 0 Å². The van der Waals surface area contributed by atoms with E-state index in [1.54, 1.807) is 29.4 Å². The molecule has 0 radical (unpaired) electrons. The molecule has 5 heteroatoms. The molecule has 2 heterocycles. The van der Waals surface area contributed by atoms with Crippen LogP contribution in [0.4, 0.5) is 5.69 Å². The Bertz CT molecular complexity index is 447. The smallest absolute Gasteiger partial charge is 0.229 e. The van der Waals surface area contributed by atoms with Gasteiger partial charge in [-0.3, -0.25) is 14.6 Å². The first-order valence-corrected chi connectivity index (χ1v) is 6.69. The fourth-order valence-corrected chi connectivity index (χ4v) is 2.19. The molecule has 0 aliphatic carbocycles. The topological polar surface area (TPSA) is 62.3 Å². The third kappa shape index (κ3) is 3.53. The summed E-state index contributed by atoms with van der Waals surface area (Å²) in [5, 5.41) is 2.82. The molecule has 0 aromatic carbocycles. The van der Waals surface area contributed by atoms with Crippen LogP contribution in [0.3, 0.4) is 0 Å². The van der Waals surface area contributed by atoms with Crippen LogP contribution in [0, 0.1) is 5.92 Å². The van der Waals surface area contributed by atoms with Crippen molar-refractivity contribution >= 4 is 17.5 Å². The van der Waals surface area contributed by atoms with E-state index in [1.165, 1.54) is 0 Å². The second-order valence-corrected chi connectivity index (χ2v) is 4.82. The van der Waals surface area contributed by atoms with Gasteiger partial charge in [-0.1, -0.05) is 13.3 Å². The van der Waals surface area contributed by atoms with Crippen LogP contribution in [0.5, 0.6) is 0 Å². The van der Waals surface area contributed by atoms with Crippen LogP contribution in [0.15, 0.2) is 24.5 Å². The highest BCUT2D eigenvalue weighted by Gasteiger charge is 2.33. The summed E-state index contributed by atoms with van der Waals surface area (Å²) in [6.07, 6.45) is 5.62. The number of aromatic nitrogens is 1. The maximum Gasteiger partial charge on any atom is 0.229 e. The van der Waals surface area contributed by atoms with Gasteiger partial charge in [0.05, 0.1) is 5.92 Å². The van der Waals surface area contributed by atoms with Crippen molar-refractivity contribution in [3.8, 4) is 0 Å². The van der Waals surface area contributed by atoms with Crippen LogP contribution in [0.2, 0.25) is 0 Å². The molecule has 1 aromatic rings. The summed E-state index contributed by atoms with van der Waals surface area (Å²) >= 11 is 0. The zero-order valence-electron chi connectivity index (χ0n) is 11.1.